The zero-order valence-corrected chi connectivity index (χ0v) is 16.6. The van der Waals surface area contributed by atoms with Gasteiger partial charge in [0.25, 0.3) is 6.01 Å². The van der Waals surface area contributed by atoms with Crippen LogP contribution in [0.5, 0.6) is 0 Å². The molecule has 0 radical (unpaired) electrons. The summed E-state index contributed by atoms with van der Waals surface area (Å²) in [6, 6.07) is 4.58. The smallest absolute Gasteiger partial charge is 0.299 e. The van der Waals surface area contributed by atoms with Gasteiger partial charge in [0.05, 0.1) is 0 Å². The number of fused-ring (bicyclic) bond motifs is 1. The average Bonchev–Trinajstić information content (AvgIpc) is 3.24. The number of aryl methyl sites for hydroxylation is 2. The summed E-state index contributed by atoms with van der Waals surface area (Å²) in [4.78, 5) is 16.1. The third-order valence-corrected chi connectivity index (χ3v) is 5.15. The molecule has 0 aliphatic carbocycles. The largest absolute Gasteiger partial charge is 0.422 e. The van der Waals surface area contributed by atoms with E-state index in [4.69, 9.17) is 14.5 Å². The minimum Gasteiger partial charge on any atom is -0.422 e. The predicted octanol–water partition coefficient (Wildman–Crippen LogP) is 3.73. The maximum Gasteiger partial charge on any atom is 0.299 e. The number of pyridine rings is 1. The maximum atomic E-state index is 5.92. The van der Waals surface area contributed by atoms with Crippen LogP contribution in [0.15, 0.2) is 16.5 Å². The predicted molar refractivity (Wildman–Crippen MR) is 105 cm³/mol. The van der Waals surface area contributed by atoms with Crippen molar-refractivity contribution in [2.75, 3.05) is 18.0 Å². The van der Waals surface area contributed by atoms with Crippen LogP contribution in [0.2, 0.25) is 0 Å². The van der Waals surface area contributed by atoms with Gasteiger partial charge in [-0.3, -0.25) is 0 Å². The highest BCUT2D eigenvalue weighted by atomic mass is 16.4. The molecule has 0 bridgehead atoms. The van der Waals surface area contributed by atoms with Crippen LogP contribution in [0.4, 0.5) is 6.01 Å². The Hall–Kier alpha value is -2.44. The molecule has 4 heterocycles. The molecule has 0 unspecified atom stereocenters. The Bertz CT molecular complexity index is 920. The van der Waals surface area contributed by atoms with Crippen LogP contribution in [0.3, 0.4) is 0 Å². The maximum absolute atomic E-state index is 5.92. The molecule has 1 saturated heterocycles. The fourth-order valence-corrected chi connectivity index (χ4v) is 3.76. The van der Waals surface area contributed by atoms with Gasteiger partial charge in [0.2, 0.25) is 5.65 Å². The Kier molecular flexibility index (Phi) is 4.85. The highest BCUT2D eigenvalue weighted by Crippen LogP contribution is 2.30. The molecule has 0 amide bonds. The Balaban J connectivity index is 1.47. The number of aromatic nitrogens is 5. The molecule has 3 aromatic heterocycles. The van der Waals surface area contributed by atoms with Gasteiger partial charge in [-0.15, -0.1) is 0 Å². The van der Waals surface area contributed by atoms with Gasteiger partial charge in [0.1, 0.15) is 5.82 Å². The molecule has 144 valence electrons. The molecule has 1 aliphatic rings. The zero-order chi connectivity index (χ0) is 19.0. The van der Waals surface area contributed by atoms with E-state index in [1.165, 1.54) is 0 Å². The summed E-state index contributed by atoms with van der Waals surface area (Å²) in [7, 11) is 0. The molecule has 27 heavy (non-hydrogen) atoms. The first kappa shape index (κ1) is 17.9. The van der Waals surface area contributed by atoms with Gasteiger partial charge < -0.3 is 9.32 Å². The van der Waals surface area contributed by atoms with Crippen LogP contribution >= 0.6 is 0 Å². The lowest BCUT2D eigenvalue weighted by molar-refractivity contribution is 0.436. The van der Waals surface area contributed by atoms with E-state index in [0.717, 1.165) is 61.8 Å². The summed E-state index contributed by atoms with van der Waals surface area (Å²) in [5.74, 6) is 3.13. The molecule has 1 aliphatic heterocycles. The van der Waals surface area contributed by atoms with Crippen molar-refractivity contribution in [1.82, 2.24) is 24.7 Å². The number of hydrogen-bond donors (Lipinski definition) is 0. The zero-order valence-electron chi connectivity index (χ0n) is 16.6. The van der Waals surface area contributed by atoms with Gasteiger partial charge in [0, 0.05) is 37.7 Å². The van der Waals surface area contributed by atoms with Crippen molar-refractivity contribution in [2.24, 2.45) is 5.92 Å². The van der Waals surface area contributed by atoms with Gasteiger partial charge >= 0.3 is 0 Å². The molecule has 1 fully saturated rings. The van der Waals surface area contributed by atoms with Crippen LogP contribution < -0.4 is 4.90 Å². The van der Waals surface area contributed by atoms with Crippen molar-refractivity contribution < 1.29 is 4.42 Å². The Morgan fingerprint density at radius 1 is 1.15 bits per heavy atom. The molecule has 0 atom stereocenters. The van der Waals surface area contributed by atoms with E-state index < -0.39 is 0 Å². The van der Waals surface area contributed by atoms with Gasteiger partial charge in [-0.25, -0.2) is 14.6 Å². The third-order valence-electron chi connectivity index (χ3n) is 5.15. The third kappa shape index (κ3) is 3.68. The summed E-state index contributed by atoms with van der Waals surface area (Å²) >= 11 is 0. The molecule has 7 nitrogen and oxygen atoms in total. The Labute approximate surface area is 159 Å². The minimum atomic E-state index is 0.444. The first-order chi connectivity index (χ1) is 13.0. The second kappa shape index (κ2) is 7.29. The van der Waals surface area contributed by atoms with Crippen LogP contribution in [0.1, 0.15) is 56.9 Å². The van der Waals surface area contributed by atoms with Crippen molar-refractivity contribution in [3.63, 3.8) is 0 Å². The summed E-state index contributed by atoms with van der Waals surface area (Å²) < 4.78 is 8.00. The molecule has 4 rings (SSSR count). The van der Waals surface area contributed by atoms with E-state index >= 15 is 0 Å². The fraction of sp³-hybridized carbons (Fsp3) is 0.600. The SMILES string of the molecule is CCn1nc(CC(C)C)nc1C1CCN(c2nc3nc(C)ccc3o2)CC1. The van der Waals surface area contributed by atoms with Crippen LogP contribution in [0, 0.1) is 12.8 Å². The van der Waals surface area contributed by atoms with Crippen molar-refractivity contribution >= 4 is 17.2 Å². The highest BCUT2D eigenvalue weighted by Gasteiger charge is 2.27. The molecular weight excluding hydrogens is 340 g/mol. The van der Waals surface area contributed by atoms with Crippen molar-refractivity contribution in [3.05, 3.63) is 29.5 Å². The van der Waals surface area contributed by atoms with Gasteiger partial charge in [0.15, 0.2) is 11.4 Å². The average molecular weight is 368 g/mol. The molecule has 0 saturated carbocycles. The summed E-state index contributed by atoms with van der Waals surface area (Å²) in [6.07, 6.45) is 3.00. The van der Waals surface area contributed by atoms with E-state index in [0.29, 0.717) is 23.5 Å². The van der Waals surface area contributed by atoms with Crippen molar-refractivity contribution in [3.8, 4) is 0 Å². The van der Waals surface area contributed by atoms with Crippen LogP contribution in [0.25, 0.3) is 11.2 Å². The summed E-state index contributed by atoms with van der Waals surface area (Å²) in [5, 5.41) is 4.71. The molecular formula is C20H28N6O. The molecule has 3 aromatic rings. The summed E-state index contributed by atoms with van der Waals surface area (Å²) in [6.45, 7) is 11.2. The number of hydrogen-bond acceptors (Lipinski definition) is 6. The van der Waals surface area contributed by atoms with Crippen LogP contribution in [-0.2, 0) is 13.0 Å². The number of piperidine rings is 1. The highest BCUT2D eigenvalue weighted by molar-refractivity contribution is 5.70. The van der Waals surface area contributed by atoms with E-state index in [-0.39, 0.29) is 0 Å². The number of rotatable bonds is 5. The van der Waals surface area contributed by atoms with Gasteiger partial charge in [-0.1, -0.05) is 13.8 Å². The standard InChI is InChI=1S/C20H28N6O/c1-5-26-19(22-17(24-26)12-13(2)3)15-8-10-25(11-9-15)20-23-18-16(27-20)7-6-14(4)21-18/h6-7,13,15H,5,8-12H2,1-4H3. The first-order valence-corrected chi connectivity index (χ1v) is 9.96. The lowest BCUT2D eigenvalue weighted by Crippen LogP contribution is -2.34. The van der Waals surface area contributed by atoms with Crippen molar-refractivity contribution in [1.29, 1.82) is 0 Å². The Morgan fingerprint density at radius 2 is 1.93 bits per heavy atom. The monoisotopic (exact) mass is 368 g/mol. The number of oxazole rings is 1. The minimum absolute atomic E-state index is 0.444. The second-order valence-electron chi connectivity index (χ2n) is 7.83. The number of anilines is 1. The van der Waals surface area contributed by atoms with E-state index in [1.54, 1.807) is 0 Å². The van der Waals surface area contributed by atoms with Crippen LogP contribution in [-0.4, -0.2) is 37.8 Å². The normalized spacial score (nSPS) is 16.0. The Morgan fingerprint density at radius 3 is 2.63 bits per heavy atom. The van der Waals surface area contributed by atoms with E-state index in [2.05, 4.69) is 40.3 Å². The fourth-order valence-electron chi connectivity index (χ4n) is 3.76. The molecule has 0 aromatic carbocycles. The molecule has 0 N–H and O–H groups in total. The molecule has 7 heteroatoms. The quantitative estimate of drug-likeness (QED) is 0.683. The topological polar surface area (TPSA) is 72.9 Å². The van der Waals surface area contributed by atoms with E-state index in [9.17, 15) is 0 Å². The summed E-state index contributed by atoms with van der Waals surface area (Å²) in [5.41, 5.74) is 2.40. The molecule has 0 spiro atoms. The van der Waals surface area contributed by atoms with Gasteiger partial charge in [-0.2, -0.15) is 10.1 Å². The first-order valence-electron chi connectivity index (χ1n) is 9.96. The lowest BCUT2D eigenvalue weighted by Gasteiger charge is -2.30. The van der Waals surface area contributed by atoms with Gasteiger partial charge in [-0.05, 0) is 44.7 Å². The lowest BCUT2D eigenvalue weighted by atomic mass is 9.96. The van der Waals surface area contributed by atoms with Crippen molar-refractivity contribution in [2.45, 2.75) is 59.4 Å². The second-order valence-corrected chi connectivity index (χ2v) is 7.83. The van der Waals surface area contributed by atoms with E-state index in [1.807, 2.05) is 19.1 Å². The number of nitrogens with zero attached hydrogens (tertiary/aromatic N) is 6.